The van der Waals surface area contributed by atoms with Gasteiger partial charge < -0.3 is 19.7 Å². The zero-order valence-electron chi connectivity index (χ0n) is 16.8. The summed E-state index contributed by atoms with van der Waals surface area (Å²) in [6.45, 7) is 1.81. The highest BCUT2D eigenvalue weighted by atomic mass is 79.9. The molecule has 1 heterocycles. The summed E-state index contributed by atoms with van der Waals surface area (Å²) in [6, 6.07) is 12.6. The van der Waals surface area contributed by atoms with E-state index in [2.05, 4.69) is 21.2 Å². The van der Waals surface area contributed by atoms with E-state index in [1.807, 2.05) is 19.1 Å². The van der Waals surface area contributed by atoms with E-state index in [1.54, 1.807) is 42.3 Å². The summed E-state index contributed by atoms with van der Waals surface area (Å²) in [5, 5.41) is 2.76. The van der Waals surface area contributed by atoms with Crippen LogP contribution in [-0.2, 0) is 25.5 Å². The Morgan fingerprint density at radius 2 is 1.93 bits per heavy atom. The maximum Gasteiger partial charge on any atom is 0.311 e. The smallest absolute Gasteiger partial charge is 0.311 e. The number of carbonyl (C=O) groups is 3. The van der Waals surface area contributed by atoms with Gasteiger partial charge in [-0.05, 0) is 54.4 Å². The first-order valence-corrected chi connectivity index (χ1v) is 10.4. The van der Waals surface area contributed by atoms with E-state index in [0.29, 0.717) is 17.1 Å². The fourth-order valence-electron chi connectivity index (χ4n) is 3.29. The fourth-order valence-corrected chi connectivity index (χ4v) is 3.70. The van der Waals surface area contributed by atoms with Gasteiger partial charge >= 0.3 is 5.97 Å². The minimum atomic E-state index is -0.605. The maximum absolute atomic E-state index is 12.4. The number of hydrogen-bond acceptors (Lipinski definition) is 5. The molecule has 0 aromatic heterocycles. The Morgan fingerprint density at radius 1 is 1.20 bits per heavy atom. The van der Waals surface area contributed by atoms with Crippen molar-refractivity contribution in [3.63, 3.8) is 0 Å². The van der Waals surface area contributed by atoms with Crippen molar-refractivity contribution in [3.05, 3.63) is 52.5 Å². The number of halogens is 1. The average Bonchev–Trinajstić information content (AvgIpc) is 3.15. The molecule has 1 saturated heterocycles. The standard InChI is InChI=1S/C22H23BrN2O5/c1-3-14-10-16(23)4-9-19(14)24-20(26)13-30-22(28)15-11-21(27)25(12-15)17-5-7-18(29-2)8-6-17/h4-10,15H,3,11-13H2,1-2H3,(H,24,26)/t15-/m1/s1. The lowest BCUT2D eigenvalue weighted by atomic mass is 10.1. The normalized spacial score (nSPS) is 15.8. The van der Waals surface area contributed by atoms with Crippen LogP contribution in [-0.4, -0.2) is 38.0 Å². The number of amides is 2. The summed E-state index contributed by atoms with van der Waals surface area (Å²) in [5.41, 5.74) is 2.35. The molecule has 1 atom stereocenters. The molecule has 158 valence electrons. The molecule has 30 heavy (non-hydrogen) atoms. The first kappa shape index (κ1) is 21.8. The highest BCUT2D eigenvalue weighted by molar-refractivity contribution is 9.10. The zero-order chi connectivity index (χ0) is 21.7. The van der Waals surface area contributed by atoms with Crippen LogP contribution in [0.5, 0.6) is 5.75 Å². The van der Waals surface area contributed by atoms with Crippen LogP contribution in [0.4, 0.5) is 11.4 Å². The predicted molar refractivity (Wildman–Crippen MR) is 117 cm³/mol. The lowest BCUT2D eigenvalue weighted by Gasteiger charge is -2.17. The summed E-state index contributed by atoms with van der Waals surface area (Å²) >= 11 is 3.40. The minimum absolute atomic E-state index is 0.0547. The summed E-state index contributed by atoms with van der Waals surface area (Å²) in [4.78, 5) is 38.5. The molecule has 1 aliphatic rings. The SMILES string of the molecule is CCc1cc(Br)ccc1NC(=O)COC(=O)[C@@H]1CC(=O)N(c2ccc(OC)cc2)C1. The summed E-state index contributed by atoms with van der Waals surface area (Å²) in [5.74, 6) is -1.05. The lowest BCUT2D eigenvalue weighted by molar-refractivity contribution is -0.151. The van der Waals surface area contributed by atoms with Crippen molar-refractivity contribution in [3.8, 4) is 5.75 Å². The van der Waals surface area contributed by atoms with Crippen molar-refractivity contribution in [1.82, 2.24) is 0 Å². The molecule has 1 N–H and O–H groups in total. The third-order valence-electron chi connectivity index (χ3n) is 4.91. The van der Waals surface area contributed by atoms with Gasteiger partial charge in [0.2, 0.25) is 5.91 Å². The number of carbonyl (C=O) groups excluding carboxylic acids is 3. The number of benzene rings is 2. The van der Waals surface area contributed by atoms with E-state index in [9.17, 15) is 14.4 Å². The first-order valence-electron chi connectivity index (χ1n) is 9.60. The Bertz CT molecular complexity index is 945. The van der Waals surface area contributed by atoms with E-state index in [1.165, 1.54) is 0 Å². The van der Waals surface area contributed by atoms with Crippen molar-refractivity contribution in [2.45, 2.75) is 19.8 Å². The molecule has 0 bridgehead atoms. The molecule has 1 aliphatic heterocycles. The van der Waals surface area contributed by atoms with Gasteiger partial charge in [0.15, 0.2) is 6.61 Å². The van der Waals surface area contributed by atoms with Crippen molar-refractivity contribution < 1.29 is 23.9 Å². The average molecular weight is 475 g/mol. The minimum Gasteiger partial charge on any atom is -0.497 e. The Morgan fingerprint density at radius 3 is 2.60 bits per heavy atom. The molecular formula is C22H23BrN2O5. The number of rotatable bonds is 7. The van der Waals surface area contributed by atoms with Gasteiger partial charge in [-0.2, -0.15) is 0 Å². The third kappa shape index (κ3) is 5.18. The number of nitrogens with zero attached hydrogens (tertiary/aromatic N) is 1. The second-order valence-electron chi connectivity index (χ2n) is 6.91. The Labute approximate surface area is 183 Å². The fraction of sp³-hybridized carbons (Fsp3) is 0.318. The van der Waals surface area contributed by atoms with Crippen LogP contribution in [0.2, 0.25) is 0 Å². The van der Waals surface area contributed by atoms with Crippen LogP contribution in [0.3, 0.4) is 0 Å². The number of methoxy groups -OCH3 is 1. The van der Waals surface area contributed by atoms with E-state index in [0.717, 1.165) is 16.5 Å². The Balaban J connectivity index is 1.53. The molecule has 2 aromatic rings. The van der Waals surface area contributed by atoms with E-state index < -0.39 is 24.4 Å². The van der Waals surface area contributed by atoms with Gasteiger partial charge in [0, 0.05) is 28.8 Å². The van der Waals surface area contributed by atoms with Gasteiger partial charge in [0.1, 0.15) is 5.75 Å². The Kier molecular flexibility index (Phi) is 7.10. The van der Waals surface area contributed by atoms with Crippen LogP contribution >= 0.6 is 15.9 Å². The predicted octanol–water partition coefficient (Wildman–Crippen LogP) is 3.55. The zero-order valence-corrected chi connectivity index (χ0v) is 18.4. The van der Waals surface area contributed by atoms with Crippen LogP contribution in [0.15, 0.2) is 46.9 Å². The molecular weight excluding hydrogens is 452 g/mol. The molecule has 7 nitrogen and oxygen atoms in total. The number of nitrogens with one attached hydrogen (secondary N) is 1. The molecule has 0 radical (unpaired) electrons. The molecule has 2 aromatic carbocycles. The molecule has 0 unspecified atom stereocenters. The quantitative estimate of drug-likeness (QED) is 0.620. The third-order valence-corrected chi connectivity index (χ3v) is 5.40. The monoisotopic (exact) mass is 474 g/mol. The van der Waals surface area contributed by atoms with Gasteiger partial charge in [-0.3, -0.25) is 14.4 Å². The number of hydrogen-bond donors (Lipinski definition) is 1. The van der Waals surface area contributed by atoms with Gasteiger partial charge in [-0.15, -0.1) is 0 Å². The van der Waals surface area contributed by atoms with Gasteiger partial charge in [0.25, 0.3) is 5.91 Å². The maximum atomic E-state index is 12.4. The van der Waals surface area contributed by atoms with Crippen LogP contribution in [0, 0.1) is 5.92 Å². The molecule has 8 heteroatoms. The topological polar surface area (TPSA) is 84.9 Å². The molecule has 2 amide bonds. The lowest BCUT2D eigenvalue weighted by Crippen LogP contribution is -2.28. The van der Waals surface area contributed by atoms with E-state index >= 15 is 0 Å². The number of ether oxygens (including phenoxy) is 2. The van der Waals surface area contributed by atoms with E-state index in [4.69, 9.17) is 9.47 Å². The van der Waals surface area contributed by atoms with Gasteiger partial charge in [-0.25, -0.2) is 0 Å². The van der Waals surface area contributed by atoms with Crippen molar-refractivity contribution in [1.29, 1.82) is 0 Å². The van der Waals surface area contributed by atoms with Gasteiger partial charge in [0.05, 0.1) is 13.0 Å². The molecule has 1 fully saturated rings. The van der Waals surface area contributed by atoms with E-state index in [-0.39, 0.29) is 18.9 Å². The molecule has 0 saturated carbocycles. The molecule has 0 aliphatic carbocycles. The highest BCUT2D eigenvalue weighted by Crippen LogP contribution is 2.27. The molecule has 3 rings (SSSR count). The van der Waals surface area contributed by atoms with Crippen molar-refractivity contribution in [2.24, 2.45) is 5.92 Å². The van der Waals surface area contributed by atoms with Crippen molar-refractivity contribution >= 4 is 45.1 Å². The first-order chi connectivity index (χ1) is 14.4. The van der Waals surface area contributed by atoms with Crippen LogP contribution in [0.1, 0.15) is 18.9 Å². The largest absolute Gasteiger partial charge is 0.497 e. The molecule has 0 spiro atoms. The summed E-state index contributed by atoms with van der Waals surface area (Å²) in [6.07, 6.45) is 0.805. The summed E-state index contributed by atoms with van der Waals surface area (Å²) < 4.78 is 11.2. The van der Waals surface area contributed by atoms with Crippen LogP contribution in [0.25, 0.3) is 0 Å². The second-order valence-corrected chi connectivity index (χ2v) is 7.83. The number of esters is 1. The second kappa shape index (κ2) is 9.75. The Hall–Kier alpha value is -2.87. The van der Waals surface area contributed by atoms with Crippen LogP contribution < -0.4 is 15.0 Å². The number of aryl methyl sites for hydroxylation is 1. The van der Waals surface area contributed by atoms with Gasteiger partial charge in [-0.1, -0.05) is 22.9 Å². The summed E-state index contributed by atoms with van der Waals surface area (Å²) in [7, 11) is 1.57. The van der Waals surface area contributed by atoms with Crippen molar-refractivity contribution in [2.75, 3.05) is 30.5 Å². The number of anilines is 2. The highest BCUT2D eigenvalue weighted by Gasteiger charge is 2.36.